The summed E-state index contributed by atoms with van der Waals surface area (Å²) in [4.78, 5) is 12.0. The van der Waals surface area contributed by atoms with E-state index in [1.165, 1.54) is 0 Å². The third-order valence-electron chi connectivity index (χ3n) is 3.95. The Morgan fingerprint density at radius 2 is 1.80 bits per heavy atom. The van der Waals surface area contributed by atoms with Gasteiger partial charge in [0.15, 0.2) is 5.78 Å². The van der Waals surface area contributed by atoms with Crippen molar-refractivity contribution in [3.63, 3.8) is 0 Å². The maximum absolute atomic E-state index is 12.0. The van der Waals surface area contributed by atoms with E-state index in [1.807, 2.05) is 42.5 Å². The smallest absolute Gasteiger partial charge is 0.163 e. The van der Waals surface area contributed by atoms with Crippen LogP contribution in [0.25, 0.3) is 0 Å². The molecule has 20 heavy (non-hydrogen) atoms. The first kappa shape index (κ1) is 12.9. The second-order valence-electron chi connectivity index (χ2n) is 5.06. The van der Waals surface area contributed by atoms with E-state index >= 15 is 0 Å². The molecular weight excluding hydrogens is 252 g/mol. The standard InChI is InChI=1S/C17H16O3/c1-20-13-8-6-12(7-9-13)17(19)11-10-16(18)14-4-2-3-5-15(14)17/h2-9,19H,10-11H2,1H3. The molecule has 2 aromatic rings. The van der Waals surface area contributed by atoms with Crippen molar-refractivity contribution in [3.8, 4) is 5.75 Å². The van der Waals surface area contributed by atoms with Crippen molar-refractivity contribution in [2.75, 3.05) is 7.11 Å². The van der Waals surface area contributed by atoms with Gasteiger partial charge in [-0.25, -0.2) is 0 Å². The van der Waals surface area contributed by atoms with Gasteiger partial charge in [0.1, 0.15) is 11.4 Å². The molecule has 102 valence electrons. The quantitative estimate of drug-likeness (QED) is 0.911. The predicted molar refractivity (Wildman–Crippen MR) is 76.0 cm³/mol. The third-order valence-corrected chi connectivity index (χ3v) is 3.95. The molecule has 0 heterocycles. The van der Waals surface area contributed by atoms with Crippen molar-refractivity contribution in [2.24, 2.45) is 0 Å². The molecule has 0 saturated heterocycles. The van der Waals surface area contributed by atoms with Crippen molar-refractivity contribution in [1.29, 1.82) is 0 Å². The molecule has 0 aromatic heterocycles. The van der Waals surface area contributed by atoms with E-state index < -0.39 is 5.60 Å². The van der Waals surface area contributed by atoms with Crippen molar-refractivity contribution < 1.29 is 14.6 Å². The van der Waals surface area contributed by atoms with Gasteiger partial charge in [0.25, 0.3) is 0 Å². The van der Waals surface area contributed by atoms with Gasteiger partial charge in [-0.3, -0.25) is 4.79 Å². The zero-order chi connectivity index (χ0) is 14.2. The molecule has 0 amide bonds. The number of hydrogen-bond acceptors (Lipinski definition) is 3. The number of ketones is 1. The Kier molecular flexibility index (Phi) is 3.07. The molecule has 3 nitrogen and oxygen atoms in total. The van der Waals surface area contributed by atoms with Crippen LogP contribution in [-0.4, -0.2) is 18.0 Å². The van der Waals surface area contributed by atoms with Gasteiger partial charge in [0.05, 0.1) is 7.11 Å². The zero-order valence-corrected chi connectivity index (χ0v) is 11.3. The molecule has 0 aliphatic heterocycles. The van der Waals surface area contributed by atoms with Gasteiger partial charge in [0, 0.05) is 12.0 Å². The Bertz CT molecular complexity index is 646. The van der Waals surface area contributed by atoms with Gasteiger partial charge in [-0.15, -0.1) is 0 Å². The van der Waals surface area contributed by atoms with Crippen LogP contribution in [0.3, 0.4) is 0 Å². The van der Waals surface area contributed by atoms with Gasteiger partial charge in [-0.05, 0) is 29.7 Å². The molecule has 0 radical (unpaired) electrons. The lowest BCUT2D eigenvalue weighted by Gasteiger charge is -2.34. The molecule has 1 aliphatic rings. The Labute approximate surface area is 117 Å². The molecule has 1 atom stereocenters. The first-order valence-electron chi connectivity index (χ1n) is 6.65. The SMILES string of the molecule is COc1ccc(C2(O)CCC(=O)c3ccccc32)cc1. The number of methoxy groups -OCH3 is 1. The summed E-state index contributed by atoms with van der Waals surface area (Å²) in [5, 5.41) is 11.1. The number of hydrogen-bond donors (Lipinski definition) is 1. The summed E-state index contributed by atoms with van der Waals surface area (Å²) < 4.78 is 5.14. The van der Waals surface area contributed by atoms with Gasteiger partial charge in [0.2, 0.25) is 0 Å². The van der Waals surface area contributed by atoms with Crippen molar-refractivity contribution in [1.82, 2.24) is 0 Å². The van der Waals surface area contributed by atoms with Crippen LogP contribution in [0.2, 0.25) is 0 Å². The lowest BCUT2D eigenvalue weighted by molar-refractivity contribution is 0.0548. The fourth-order valence-corrected chi connectivity index (χ4v) is 2.82. The van der Waals surface area contributed by atoms with Gasteiger partial charge < -0.3 is 9.84 Å². The van der Waals surface area contributed by atoms with Crippen LogP contribution in [0, 0.1) is 0 Å². The molecule has 3 rings (SSSR count). The normalized spacial score (nSPS) is 21.4. The zero-order valence-electron chi connectivity index (χ0n) is 11.3. The second-order valence-corrected chi connectivity index (χ2v) is 5.06. The minimum atomic E-state index is -1.10. The van der Waals surface area contributed by atoms with Crippen molar-refractivity contribution in [3.05, 3.63) is 65.2 Å². The third kappa shape index (κ3) is 1.91. The first-order chi connectivity index (χ1) is 9.65. The minimum absolute atomic E-state index is 0.0961. The fourth-order valence-electron chi connectivity index (χ4n) is 2.82. The summed E-state index contributed by atoms with van der Waals surface area (Å²) in [7, 11) is 1.61. The van der Waals surface area contributed by atoms with E-state index in [2.05, 4.69) is 0 Å². The van der Waals surface area contributed by atoms with Crippen LogP contribution in [0.4, 0.5) is 0 Å². The highest BCUT2D eigenvalue weighted by molar-refractivity contribution is 5.99. The Balaban J connectivity index is 2.12. The van der Waals surface area contributed by atoms with E-state index in [9.17, 15) is 9.90 Å². The molecule has 1 N–H and O–H groups in total. The summed E-state index contributed by atoms with van der Waals surface area (Å²) in [5.74, 6) is 0.844. The average Bonchev–Trinajstić information content (AvgIpc) is 2.51. The molecule has 2 aromatic carbocycles. The largest absolute Gasteiger partial charge is 0.497 e. The molecule has 0 bridgehead atoms. The Morgan fingerprint density at radius 1 is 1.10 bits per heavy atom. The monoisotopic (exact) mass is 268 g/mol. The Hall–Kier alpha value is -2.13. The highest BCUT2D eigenvalue weighted by Gasteiger charge is 2.38. The number of Topliss-reactive ketones (excluding diaryl/α,β-unsaturated/α-hetero) is 1. The number of fused-ring (bicyclic) bond motifs is 1. The Morgan fingerprint density at radius 3 is 2.50 bits per heavy atom. The van der Waals surface area contributed by atoms with Gasteiger partial charge in [-0.2, -0.15) is 0 Å². The van der Waals surface area contributed by atoms with E-state index in [-0.39, 0.29) is 5.78 Å². The second kappa shape index (κ2) is 4.76. The number of carbonyl (C=O) groups is 1. The summed E-state index contributed by atoms with van der Waals surface area (Å²) in [6.45, 7) is 0. The maximum Gasteiger partial charge on any atom is 0.163 e. The molecule has 1 unspecified atom stereocenters. The van der Waals surface area contributed by atoms with Gasteiger partial charge >= 0.3 is 0 Å². The van der Waals surface area contributed by atoms with Gasteiger partial charge in [-0.1, -0.05) is 36.4 Å². The van der Waals surface area contributed by atoms with Crippen LogP contribution in [0.5, 0.6) is 5.75 Å². The summed E-state index contributed by atoms with van der Waals surface area (Å²) >= 11 is 0. The van der Waals surface area contributed by atoms with E-state index in [0.29, 0.717) is 24.0 Å². The predicted octanol–water partition coefficient (Wildman–Crippen LogP) is 2.91. The number of benzene rings is 2. The lowest BCUT2D eigenvalue weighted by atomic mass is 9.74. The van der Waals surface area contributed by atoms with Crippen LogP contribution >= 0.6 is 0 Å². The van der Waals surface area contributed by atoms with Crippen molar-refractivity contribution >= 4 is 5.78 Å². The number of carbonyl (C=O) groups excluding carboxylic acids is 1. The number of rotatable bonds is 2. The van der Waals surface area contributed by atoms with Crippen LogP contribution < -0.4 is 4.74 Å². The topological polar surface area (TPSA) is 46.5 Å². The van der Waals surface area contributed by atoms with Crippen LogP contribution in [-0.2, 0) is 5.60 Å². The van der Waals surface area contributed by atoms with E-state index in [1.54, 1.807) is 13.2 Å². The lowest BCUT2D eigenvalue weighted by Crippen LogP contribution is -2.34. The minimum Gasteiger partial charge on any atom is -0.497 e. The first-order valence-corrected chi connectivity index (χ1v) is 6.65. The maximum atomic E-state index is 12.0. The molecule has 3 heteroatoms. The molecule has 0 spiro atoms. The van der Waals surface area contributed by atoms with Crippen LogP contribution in [0.15, 0.2) is 48.5 Å². The number of ether oxygens (including phenoxy) is 1. The highest BCUT2D eigenvalue weighted by Crippen LogP contribution is 2.40. The fraction of sp³-hybridized carbons (Fsp3) is 0.235. The molecule has 0 saturated carbocycles. The average molecular weight is 268 g/mol. The highest BCUT2D eigenvalue weighted by atomic mass is 16.5. The summed E-state index contributed by atoms with van der Waals surface area (Å²) in [5.41, 5.74) is 1.01. The van der Waals surface area contributed by atoms with Crippen LogP contribution in [0.1, 0.15) is 34.3 Å². The summed E-state index contributed by atoms with van der Waals surface area (Å²) in [6, 6.07) is 14.7. The molecule has 0 fully saturated rings. The summed E-state index contributed by atoms with van der Waals surface area (Å²) in [6.07, 6.45) is 0.773. The number of aliphatic hydroxyl groups is 1. The van der Waals surface area contributed by atoms with Crippen molar-refractivity contribution in [2.45, 2.75) is 18.4 Å². The van der Waals surface area contributed by atoms with E-state index in [4.69, 9.17) is 4.74 Å². The molecular formula is C17H16O3. The van der Waals surface area contributed by atoms with E-state index in [0.717, 1.165) is 11.3 Å². The molecule has 1 aliphatic carbocycles.